The Morgan fingerprint density at radius 2 is 2.31 bits per heavy atom. The van der Waals surface area contributed by atoms with Gasteiger partial charge >= 0.3 is 0 Å². The number of aromatic nitrogens is 1. The lowest BCUT2D eigenvalue weighted by atomic mass is 10.3. The van der Waals surface area contributed by atoms with Crippen LogP contribution < -0.4 is 5.32 Å². The highest BCUT2D eigenvalue weighted by molar-refractivity contribution is 7.15. The minimum Gasteiger partial charge on any atom is -0.472 e. The fraction of sp³-hybridized carbons (Fsp3) is 0.417. The maximum absolute atomic E-state index is 5.08. The van der Waals surface area contributed by atoms with E-state index < -0.39 is 0 Å². The lowest BCUT2D eigenvalue weighted by Crippen LogP contribution is -2.11. The van der Waals surface area contributed by atoms with Crippen molar-refractivity contribution in [1.29, 1.82) is 0 Å². The number of rotatable bonds is 5. The normalized spacial score (nSPS) is 10.9. The van der Waals surface area contributed by atoms with Gasteiger partial charge in [-0.05, 0) is 19.0 Å². The van der Waals surface area contributed by atoms with Gasteiger partial charge in [0.2, 0.25) is 0 Å². The van der Waals surface area contributed by atoms with Crippen LogP contribution in [0.3, 0.4) is 0 Å². The van der Waals surface area contributed by atoms with Crippen LogP contribution >= 0.6 is 11.3 Å². The monoisotopic (exact) mass is 236 g/mol. The first kappa shape index (κ1) is 11.4. The van der Waals surface area contributed by atoms with Gasteiger partial charge < -0.3 is 9.73 Å². The van der Waals surface area contributed by atoms with Gasteiger partial charge in [-0.1, -0.05) is 13.8 Å². The van der Waals surface area contributed by atoms with Crippen molar-refractivity contribution in [3.8, 4) is 10.6 Å². The summed E-state index contributed by atoms with van der Waals surface area (Å²) < 4.78 is 5.08. The molecule has 0 aliphatic carbocycles. The summed E-state index contributed by atoms with van der Waals surface area (Å²) in [7, 11) is 0. The topological polar surface area (TPSA) is 38.1 Å². The molecule has 0 unspecified atom stereocenters. The van der Waals surface area contributed by atoms with Crippen molar-refractivity contribution < 1.29 is 4.42 Å². The SMILES string of the molecule is CCNCc1sc(-c2ccoc2)nc1CC. The van der Waals surface area contributed by atoms with Gasteiger partial charge in [0.15, 0.2) is 0 Å². The molecule has 0 aliphatic heterocycles. The Labute approximate surface area is 99.5 Å². The molecule has 0 saturated carbocycles. The summed E-state index contributed by atoms with van der Waals surface area (Å²) in [6, 6.07) is 1.95. The molecule has 86 valence electrons. The van der Waals surface area contributed by atoms with Crippen LogP contribution in [0.15, 0.2) is 23.0 Å². The molecule has 2 rings (SSSR count). The van der Waals surface area contributed by atoms with E-state index in [2.05, 4.69) is 24.1 Å². The number of aryl methyl sites for hydroxylation is 1. The number of nitrogens with one attached hydrogen (secondary N) is 1. The van der Waals surface area contributed by atoms with Crippen LogP contribution in [0.4, 0.5) is 0 Å². The van der Waals surface area contributed by atoms with Gasteiger partial charge in [0.05, 0.1) is 12.0 Å². The summed E-state index contributed by atoms with van der Waals surface area (Å²) in [6.45, 7) is 6.16. The van der Waals surface area contributed by atoms with Gasteiger partial charge in [0.25, 0.3) is 0 Å². The highest BCUT2D eigenvalue weighted by Crippen LogP contribution is 2.28. The molecule has 0 fully saturated rings. The van der Waals surface area contributed by atoms with Crippen LogP contribution in [0, 0.1) is 0 Å². The fourth-order valence-electron chi connectivity index (χ4n) is 1.55. The third-order valence-corrected chi connectivity index (χ3v) is 3.56. The summed E-state index contributed by atoms with van der Waals surface area (Å²) >= 11 is 1.75. The molecule has 2 aromatic heterocycles. The molecular formula is C12H16N2OS. The Bertz CT molecular complexity index is 434. The minimum atomic E-state index is 0.912. The van der Waals surface area contributed by atoms with Crippen molar-refractivity contribution in [2.24, 2.45) is 0 Å². The average molecular weight is 236 g/mol. The van der Waals surface area contributed by atoms with E-state index in [0.29, 0.717) is 0 Å². The standard InChI is InChI=1S/C12H16N2OS/c1-3-10-11(7-13-4-2)16-12(14-10)9-5-6-15-8-9/h5-6,8,13H,3-4,7H2,1-2H3. The predicted molar refractivity (Wildman–Crippen MR) is 66.6 cm³/mol. The van der Waals surface area contributed by atoms with E-state index in [0.717, 1.165) is 30.1 Å². The highest BCUT2D eigenvalue weighted by Gasteiger charge is 2.11. The van der Waals surface area contributed by atoms with Crippen molar-refractivity contribution in [1.82, 2.24) is 10.3 Å². The first-order valence-electron chi connectivity index (χ1n) is 5.57. The molecular weight excluding hydrogens is 220 g/mol. The molecule has 0 aliphatic rings. The Morgan fingerprint density at radius 1 is 1.44 bits per heavy atom. The zero-order valence-electron chi connectivity index (χ0n) is 9.62. The lowest BCUT2D eigenvalue weighted by Gasteiger charge is -1.99. The smallest absolute Gasteiger partial charge is 0.127 e. The Hall–Kier alpha value is -1.13. The average Bonchev–Trinajstić information content (AvgIpc) is 2.94. The van der Waals surface area contributed by atoms with Crippen LogP contribution in [-0.4, -0.2) is 11.5 Å². The highest BCUT2D eigenvalue weighted by atomic mass is 32.1. The number of hydrogen-bond acceptors (Lipinski definition) is 4. The molecule has 0 saturated heterocycles. The van der Waals surface area contributed by atoms with E-state index in [1.54, 1.807) is 23.9 Å². The van der Waals surface area contributed by atoms with Crippen LogP contribution in [0.2, 0.25) is 0 Å². The van der Waals surface area contributed by atoms with Crippen molar-refractivity contribution >= 4 is 11.3 Å². The largest absolute Gasteiger partial charge is 0.472 e. The summed E-state index contributed by atoms with van der Waals surface area (Å²) in [4.78, 5) is 5.98. The van der Waals surface area contributed by atoms with Crippen LogP contribution in [0.25, 0.3) is 10.6 Å². The number of nitrogens with zero attached hydrogens (tertiary/aromatic N) is 1. The Morgan fingerprint density at radius 3 is 2.94 bits per heavy atom. The van der Waals surface area contributed by atoms with E-state index in [9.17, 15) is 0 Å². The minimum absolute atomic E-state index is 0.912. The van der Waals surface area contributed by atoms with Crippen molar-refractivity contribution in [2.75, 3.05) is 6.54 Å². The second-order valence-electron chi connectivity index (χ2n) is 3.53. The zero-order valence-corrected chi connectivity index (χ0v) is 10.4. The number of hydrogen-bond donors (Lipinski definition) is 1. The quantitative estimate of drug-likeness (QED) is 0.867. The van der Waals surface area contributed by atoms with Crippen molar-refractivity contribution in [3.05, 3.63) is 29.2 Å². The first-order valence-corrected chi connectivity index (χ1v) is 6.38. The second-order valence-corrected chi connectivity index (χ2v) is 4.62. The van der Waals surface area contributed by atoms with Crippen LogP contribution in [-0.2, 0) is 13.0 Å². The molecule has 0 amide bonds. The van der Waals surface area contributed by atoms with E-state index in [4.69, 9.17) is 4.42 Å². The number of thiazole rings is 1. The van der Waals surface area contributed by atoms with Gasteiger partial charge in [-0.3, -0.25) is 0 Å². The van der Waals surface area contributed by atoms with Crippen LogP contribution in [0.5, 0.6) is 0 Å². The second kappa shape index (κ2) is 5.27. The van der Waals surface area contributed by atoms with Gasteiger partial charge in [-0.25, -0.2) is 4.98 Å². The summed E-state index contributed by atoms with van der Waals surface area (Å²) in [5.74, 6) is 0. The van der Waals surface area contributed by atoms with Crippen LogP contribution in [0.1, 0.15) is 24.4 Å². The van der Waals surface area contributed by atoms with E-state index >= 15 is 0 Å². The van der Waals surface area contributed by atoms with Gasteiger partial charge in [-0.15, -0.1) is 11.3 Å². The van der Waals surface area contributed by atoms with Crippen molar-refractivity contribution in [2.45, 2.75) is 26.8 Å². The van der Waals surface area contributed by atoms with Gasteiger partial charge in [-0.2, -0.15) is 0 Å². The molecule has 16 heavy (non-hydrogen) atoms. The molecule has 0 spiro atoms. The molecule has 0 aromatic carbocycles. The van der Waals surface area contributed by atoms with Gasteiger partial charge in [0.1, 0.15) is 11.3 Å². The number of furan rings is 1. The third-order valence-electron chi connectivity index (χ3n) is 2.42. The Kier molecular flexibility index (Phi) is 3.74. The van der Waals surface area contributed by atoms with Gasteiger partial charge in [0, 0.05) is 17.0 Å². The fourth-order valence-corrected chi connectivity index (χ4v) is 2.65. The Balaban J connectivity index is 2.25. The summed E-state index contributed by atoms with van der Waals surface area (Å²) in [6.07, 6.45) is 4.41. The summed E-state index contributed by atoms with van der Waals surface area (Å²) in [5.41, 5.74) is 2.27. The molecule has 0 radical (unpaired) electrons. The molecule has 3 nitrogen and oxygen atoms in total. The maximum Gasteiger partial charge on any atom is 0.127 e. The predicted octanol–water partition coefficient (Wildman–Crippen LogP) is 3.08. The van der Waals surface area contributed by atoms with E-state index in [1.165, 1.54) is 10.6 Å². The molecule has 1 N–H and O–H groups in total. The molecule has 0 bridgehead atoms. The molecule has 4 heteroatoms. The third kappa shape index (κ3) is 2.33. The van der Waals surface area contributed by atoms with Crippen molar-refractivity contribution in [3.63, 3.8) is 0 Å². The summed E-state index contributed by atoms with van der Waals surface area (Å²) in [5, 5.41) is 4.40. The zero-order chi connectivity index (χ0) is 11.4. The first-order chi connectivity index (χ1) is 7.85. The molecule has 2 aromatic rings. The molecule has 2 heterocycles. The van der Waals surface area contributed by atoms with E-state index in [-0.39, 0.29) is 0 Å². The maximum atomic E-state index is 5.08. The molecule has 0 atom stereocenters. The van der Waals surface area contributed by atoms with E-state index in [1.807, 2.05) is 6.07 Å². The lowest BCUT2D eigenvalue weighted by molar-refractivity contribution is 0.568.